The number of carbonyl (C=O) groups excluding carboxylic acids is 1. The topological polar surface area (TPSA) is 20.3 Å². The lowest BCUT2D eigenvalue weighted by atomic mass is 10.2. The molecule has 0 bridgehead atoms. The van der Waals surface area contributed by atoms with Gasteiger partial charge in [0.15, 0.2) is 0 Å². The number of fused-ring (bicyclic) bond motifs is 1. The van der Waals surface area contributed by atoms with Gasteiger partial charge in [-0.15, -0.1) is 11.8 Å². The summed E-state index contributed by atoms with van der Waals surface area (Å²) in [6, 6.07) is 6.35. The van der Waals surface area contributed by atoms with Gasteiger partial charge >= 0.3 is 0 Å². The summed E-state index contributed by atoms with van der Waals surface area (Å²) in [6.07, 6.45) is 3.04. The lowest BCUT2D eigenvalue weighted by Gasteiger charge is -2.15. The van der Waals surface area contributed by atoms with Crippen LogP contribution in [0.5, 0.6) is 0 Å². The Balaban J connectivity index is 2.41. The highest BCUT2D eigenvalue weighted by Crippen LogP contribution is 2.31. The first-order chi connectivity index (χ1) is 6.72. The highest BCUT2D eigenvalue weighted by Gasteiger charge is 2.21. The molecule has 0 N–H and O–H groups in total. The smallest absolute Gasteiger partial charge is 0.223 e. The zero-order chi connectivity index (χ0) is 10.1. The fraction of sp³-hybridized carbons (Fsp3) is 0.364. The number of rotatable bonds is 1. The van der Waals surface area contributed by atoms with E-state index in [1.807, 2.05) is 4.90 Å². The van der Waals surface area contributed by atoms with E-state index in [0.29, 0.717) is 0 Å². The van der Waals surface area contributed by atoms with E-state index in [0.717, 1.165) is 18.7 Å². The maximum absolute atomic E-state index is 11.3. The molecule has 1 aliphatic heterocycles. The summed E-state index contributed by atoms with van der Waals surface area (Å²) in [7, 11) is 0. The standard InChI is InChI=1S/C11H13NOS/c1-8(13)12-6-5-9-3-4-10(14-2)7-11(9)12/h3-4,7H,5-6H2,1-2H3. The van der Waals surface area contributed by atoms with Gasteiger partial charge in [-0.25, -0.2) is 0 Å². The van der Waals surface area contributed by atoms with Crippen LogP contribution in [0, 0.1) is 0 Å². The van der Waals surface area contributed by atoms with E-state index in [9.17, 15) is 4.79 Å². The summed E-state index contributed by atoms with van der Waals surface area (Å²) in [6.45, 7) is 2.46. The summed E-state index contributed by atoms with van der Waals surface area (Å²) in [5.41, 5.74) is 2.39. The Morgan fingerprint density at radius 2 is 2.29 bits per heavy atom. The molecule has 1 heterocycles. The molecule has 1 aromatic carbocycles. The molecule has 3 heteroatoms. The van der Waals surface area contributed by atoms with Gasteiger partial charge in [-0.3, -0.25) is 4.79 Å². The average Bonchev–Trinajstić information content (AvgIpc) is 2.59. The Labute approximate surface area is 88.3 Å². The van der Waals surface area contributed by atoms with Gasteiger partial charge in [-0.2, -0.15) is 0 Å². The van der Waals surface area contributed by atoms with Crippen molar-refractivity contribution < 1.29 is 4.79 Å². The summed E-state index contributed by atoms with van der Waals surface area (Å²) < 4.78 is 0. The minimum Gasteiger partial charge on any atom is -0.312 e. The van der Waals surface area contributed by atoms with Crippen LogP contribution in [0.4, 0.5) is 5.69 Å². The normalized spacial score (nSPS) is 14.3. The van der Waals surface area contributed by atoms with Crippen LogP contribution in [-0.4, -0.2) is 18.7 Å². The molecule has 1 aromatic rings. The predicted molar refractivity (Wildman–Crippen MR) is 60.0 cm³/mol. The van der Waals surface area contributed by atoms with E-state index in [1.165, 1.54) is 10.5 Å². The Bertz CT molecular complexity index is 376. The highest BCUT2D eigenvalue weighted by atomic mass is 32.2. The van der Waals surface area contributed by atoms with Gasteiger partial charge in [0.05, 0.1) is 0 Å². The molecule has 0 aromatic heterocycles. The Kier molecular flexibility index (Phi) is 2.50. The van der Waals surface area contributed by atoms with Crippen molar-refractivity contribution in [1.29, 1.82) is 0 Å². The molecule has 0 atom stereocenters. The number of benzene rings is 1. The molecule has 2 nitrogen and oxygen atoms in total. The van der Waals surface area contributed by atoms with Crippen molar-refractivity contribution in [2.75, 3.05) is 17.7 Å². The predicted octanol–water partition coefficient (Wildman–Crippen LogP) is 2.32. The number of thioether (sulfide) groups is 1. The minimum absolute atomic E-state index is 0.141. The first-order valence-corrected chi connectivity index (χ1v) is 5.90. The van der Waals surface area contributed by atoms with Crippen LogP contribution >= 0.6 is 11.8 Å². The van der Waals surface area contributed by atoms with Gasteiger partial charge in [0.1, 0.15) is 0 Å². The van der Waals surface area contributed by atoms with Crippen LogP contribution in [0.3, 0.4) is 0 Å². The van der Waals surface area contributed by atoms with E-state index in [-0.39, 0.29) is 5.91 Å². The highest BCUT2D eigenvalue weighted by molar-refractivity contribution is 7.98. The fourth-order valence-electron chi connectivity index (χ4n) is 1.81. The third kappa shape index (κ3) is 1.52. The number of anilines is 1. The van der Waals surface area contributed by atoms with Crippen molar-refractivity contribution in [3.63, 3.8) is 0 Å². The second-order valence-corrected chi connectivity index (χ2v) is 4.29. The summed E-state index contributed by atoms with van der Waals surface area (Å²) in [5.74, 6) is 0.141. The van der Waals surface area contributed by atoms with Gasteiger partial charge < -0.3 is 4.90 Å². The molecule has 1 amide bonds. The van der Waals surface area contributed by atoms with Crippen LogP contribution in [0.25, 0.3) is 0 Å². The molecule has 0 unspecified atom stereocenters. The lowest BCUT2D eigenvalue weighted by molar-refractivity contribution is -0.116. The minimum atomic E-state index is 0.141. The van der Waals surface area contributed by atoms with Crippen LogP contribution in [0.1, 0.15) is 12.5 Å². The van der Waals surface area contributed by atoms with Crippen LogP contribution in [-0.2, 0) is 11.2 Å². The van der Waals surface area contributed by atoms with Crippen molar-refractivity contribution >= 4 is 23.4 Å². The van der Waals surface area contributed by atoms with E-state index in [1.54, 1.807) is 18.7 Å². The third-order valence-electron chi connectivity index (χ3n) is 2.57. The molecule has 0 radical (unpaired) electrons. The van der Waals surface area contributed by atoms with Crippen LogP contribution < -0.4 is 4.90 Å². The molecule has 2 rings (SSSR count). The molecule has 0 saturated heterocycles. The zero-order valence-electron chi connectivity index (χ0n) is 8.41. The van der Waals surface area contributed by atoms with E-state index in [2.05, 4.69) is 24.5 Å². The van der Waals surface area contributed by atoms with Gasteiger partial charge in [0.25, 0.3) is 0 Å². The van der Waals surface area contributed by atoms with E-state index >= 15 is 0 Å². The van der Waals surface area contributed by atoms with Gasteiger partial charge in [-0.05, 0) is 30.4 Å². The SMILES string of the molecule is CSc1ccc2c(c1)N(C(C)=O)CC2. The molecular weight excluding hydrogens is 194 g/mol. The quantitative estimate of drug-likeness (QED) is 0.659. The van der Waals surface area contributed by atoms with Crippen molar-refractivity contribution in [3.8, 4) is 0 Å². The summed E-state index contributed by atoms with van der Waals surface area (Å²) in [5, 5.41) is 0. The summed E-state index contributed by atoms with van der Waals surface area (Å²) in [4.78, 5) is 14.4. The molecule has 74 valence electrons. The van der Waals surface area contributed by atoms with Crippen LogP contribution in [0.2, 0.25) is 0 Å². The Hall–Kier alpha value is -0.960. The van der Waals surface area contributed by atoms with Gasteiger partial charge in [0.2, 0.25) is 5.91 Å². The van der Waals surface area contributed by atoms with Crippen molar-refractivity contribution in [2.24, 2.45) is 0 Å². The van der Waals surface area contributed by atoms with E-state index in [4.69, 9.17) is 0 Å². The van der Waals surface area contributed by atoms with Crippen molar-refractivity contribution in [1.82, 2.24) is 0 Å². The molecule has 0 saturated carbocycles. The fourth-order valence-corrected chi connectivity index (χ4v) is 2.25. The largest absolute Gasteiger partial charge is 0.312 e. The second kappa shape index (κ2) is 3.65. The van der Waals surface area contributed by atoms with Crippen molar-refractivity contribution in [2.45, 2.75) is 18.2 Å². The van der Waals surface area contributed by atoms with Gasteiger partial charge in [-0.1, -0.05) is 6.07 Å². The number of carbonyl (C=O) groups is 1. The zero-order valence-corrected chi connectivity index (χ0v) is 9.23. The molecule has 14 heavy (non-hydrogen) atoms. The lowest BCUT2D eigenvalue weighted by Crippen LogP contribution is -2.25. The van der Waals surface area contributed by atoms with Gasteiger partial charge in [0, 0.05) is 24.1 Å². The molecule has 0 fully saturated rings. The van der Waals surface area contributed by atoms with Crippen LogP contribution in [0.15, 0.2) is 23.1 Å². The third-order valence-corrected chi connectivity index (χ3v) is 3.29. The average molecular weight is 207 g/mol. The maximum Gasteiger partial charge on any atom is 0.223 e. The molecule has 0 aliphatic carbocycles. The molecule has 0 spiro atoms. The first kappa shape index (κ1) is 9.59. The molecular formula is C11H13NOS. The monoisotopic (exact) mass is 207 g/mol. The maximum atomic E-state index is 11.3. The van der Waals surface area contributed by atoms with Crippen molar-refractivity contribution in [3.05, 3.63) is 23.8 Å². The molecule has 1 aliphatic rings. The van der Waals surface area contributed by atoms with E-state index < -0.39 is 0 Å². The Morgan fingerprint density at radius 3 is 2.93 bits per heavy atom. The summed E-state index contributed by atoms with van der Waals surface area (Å²) >= 11 is 1.71. The number of amides is 1. The number of hydrogen-bond acceptors (Lipinski definition) is 2. The number of hydrogen-bond donors (Lipinski definition) is 0. The second-order valence-electron chi connectivity index (χ2n) is 3.42. The first-order valence-electron chi connectivity index (χ1n) is 4.67. The number of nitrogens with zero attached hydrogens (tertiary/aromatic N) is 1. The Morgan fingerprint density at radius 1 is 1.50 bits per heavy atom.